The Morgan fingerprint density at radius 3 is 2.63 bits per heavy atom. The van der Waals surface area contributed by atoms with E-state index in [2.05, 4.69) is 4.98 Å². The first-order valence-electron chi connectivity index (χ1n) is 6.08. The number of carbonyl (C=O) groups is 1. The molecule has 0 bridgehead atoms. The fraction of sp³-hybridized carbons (Fsp3) is 0.286. The Morgan fingerprint density at radius 1 is 1.26 bits per heavy atom. The summed E-state index contributed by atoms with van der Waals surface area (Å²) in [5.41, 5.74) is 3.19. The fourth-order valence-corrected chi connectivity index (χ4v) is 2.31. The summed E-state index contributed by atoms with van der Waals surface area (Å²) in [7, 11) is 1.87. The van der Waals surface area contributed by atoms with E-state index < -0.39 is 0 Å². The van der Waals surface area contributed by atoms with Crippen molar-refractivity contribution in [2.45, 2.75) is 6.92 Å². The van der Waals surface area contributed by atoms with Crippen LogP contribution in [0.2, 0.25) is 0 Å². The highest BCUT2D eigenvalue weighted by atomic mass is 16.6. The summed E-state index contributed by atoms with van der Waals surface area (Å²) in [5, 5.41) is 0. The van der Waals surface area contributed by atoms with Crippen LogP contribution in [0.3, 0.4) is 0 Å². The highest BCUT2D eigenvalue weighted by molar-refractivity contribution is 5.85. The van der Waals surface area contributed by atoms with E-state index in [0.717, 1.165) is 28.9 Å². The van der Waals surface area contributed by atoms with Crippen molar-refractivity contribution < 1.29 is 14.3 Å². The molecule has 2 heterocycles. The number of hydrogen-bond donors (Lipinski definition) is 0. The van der Waals surface area contributed by atoms with E-state index in [9.17, 15) is 4.79 Å². The standard InChI is InChI=1S/C14H14N2O3/c1-9-5-12-13(19-4-3-18-12)6-10(9)14-11(7-17)15-8-16(14)2/h5-8H,3-4H2,1-2H3. The first kappa shape index (κ1) is 11.8. The van der Waals surface area contributed by atoms with Crippen molar-refractivity contribution in [3.63, 3.8) is 0 Å². The van der Waals surface area contributed by atoms with E-state index in [1.165, 1.54) is 0 Å². The van der Waals surface area contributed by atoms with Gasteiger partial charge in [-0.1, -0.05) is 0 Å². The first-order chi connectivity index (χ1) is 9.20. The lowest BCUT2D eigenvalue weighted by Gasteiger charge is -2.20. The average Bonchev–Trinajstić information content (AvgIpc) is 2.79. The Morgan fingerprint density at radius 2 is 1.95 bits per heavy atom. The van der Waals surface area contributed by atoms with Crippen molar-refractivity contribution in [3.8, 4) is 22.8 Å². The minimum absolute atomic E-state index is 0.433. The van der Waals surface area contributed by atoms with Crippen LogP contribution in [0.5, 0.6) is 11.5 Å². The van der Waals surface area contributed by atoms with Crippen LogP contribution < -0.4 is 9.47 Å². The Hall–Kier alpha value is -2.30. The largest absolute Gasteiger partial charge is 0.486 e. The minimum Gasteiger partial charge on any atom is -0.486 e. The molecule has 0 saturated carbocycles. The number of nitrogens with zero attached hydrogens (tertiary/aromatic N) is 2. The van der Waals surface area contributed by atoms with Gasteiger partial charge in [-0.05, 0) is 24.6 Å². The minimum atomic E-state index is 0.433. The molecule has 0 atom stereocenters. The predicted molar refractivity (Wildman–Crippen MR) is 69.8 cm³/mol. The van der Waals surface area contributed by atoms with Crippen LogP contribution in [-0.4, -0.2) is 29.1 Å². The molecule has 19 heavy (non-hydrogen) atoms. The number of fused-ring (bicyclic) bond motifs is 1. The summed E-state index contributed by atoms with van der Waals surface area (Å²) >= 11 is 0. The topological polar surface area (TPSA) is 53.4 Å². The van der Waals surface area contributed by atoms with Gasteiger partial charge in [-0.15, -0.1) is 0 Å². The maximum absolute atomic E-state index is 11.1. The zero-order chi connectivity index (χ0) is 13.4. The Balaban J connectivity index is 2.19. The van der Waals surface area contributed by atoms with E-state index in [-0.39, 0.29) is 0 Å². The number of carbonyl (C=O) groups excluding carboxylic acids is 1. The molecule has 0 saturated heterocycles. The van der Waals surface area contributed by atoms with Crippen LogP contribution in [-0.2, 0) is 7.05 Å². The average molecular weight is 258 g/mol. The summed E-state index contributed by atoms with van der Waals surface area (Å²) in [6, 6.07) is 3.85. The molecule has 5 nitrogen and oxygen atoms in total. The summed E-state index contributed by atoms with van der Waals surface area (Å²) in [4.78, 5) is 15.2. The van der Waals surface area contributed by atoms with Gasteiger partial charge in [0.25, 0.3) is 0 Å². The third-order valence-electron chi connectivity index (χ3n) is 3.22. The fourth-order valence-electron chi connectivity index (χ4n) is 2.31. The number of hydrogen-bond acceptors (Lipinski definition) is 4. The molecule has 98 valence electrons. The second-order valence-corrected chi connectivity index (χ2v) is 4.52. The summed E-state index contributed by atoms with van der Waals surface area (Å²) < 4.78 is 13.0. The Labute approximate surface area is 110 Å². The number of aromatic nitrogens is 2. The van der Waals surface area contributed by atoms with Crippen LogP contribution in [0.1, 0.15) is 16.1 Å². The Bertz CT molecular complexity index is 646. The van der Waals surface area contributed by atoms with Crippen LogP contribution >= 0.6 is 0 Å². The smallest absolute Gasteiger partial charge is 0.170 e. The normalized spacial score (nSPS) is 13.4. The van der Waals surface area contributed by atoms with E-state index in [1.807, 2.05) is 30.7 Å². The SMILES string of the molecule is Cc1cc2c(cc1-c1c(C=O)ncn1C)OCCO2. The number of ether oxygens (including phenoxy) is 2. The van der Waals surface area contributed by atoms with E-state index in [0.29, 0.717) is 24.7 Å². The number of imidazole rings is 1. The lowest BCUT2D eigenvalue weighted by Crippen LogP contribution is -2.15. The lowest BCUT2D eigenvalue weighted by molar-refractivity contribution is 0.112. The van der Waals surface area contributed by atoms with Gasteiger partial charge in [0.15, 0.2) is 17.8 Å². The molecule has 0 fully saturated rings. The van der Waals surface area contributed by atoms with Gasteiger partial charge in [0.05, 0.1) is 12.0 Å². The quantitative estimate of drug-likeness (QED) is 0.773. The van der Waals surface area contributed by atoms with Gasteiger partial charge in [-0.2, -0.15) is 0 Å². The van der Waals surface area contributed by atoms with Crippen LogP contribution in [0.15, 0.2) is 18.5 Å². The van der Waals surface area contributed by atoms with Crippen molar-refractivity contribution in [2.24, 2.45) is 7.05 Å². The number of aryl methyl sites for hydroxylation is 2. The third kappa shape index (κ3) is 1.87. The monoisotopic (exact) mass is 258 g/mol. The van der Waals surface area contributed by atoms with Crippen molar-refractivity contribution >= 4 is 6.29 Å². The maximum atomic E-state index is 11.1. The third-order valence-corrected chi connectivity index (χ3v) is 3.22. The van der Waals surface area contributed by atoms with E-state index in [4.69, 9.17) is 9.47 Å². The van der Waals surface area contributed by atoms with Gasteiger partial charge in [0.1, 0.15) is 18.9 Å². The van der Waals surface area contributed by atoms with Crippen LogP contribution in [0, 0.1) is 6.92 Å². The van der Waals surface area contributed by atoms with Crippen molar-refractivity contribution in [1.29, 1.82) is 0 Å². The van der Waals surface area contributed by atoms with Crippen molar-refractivity contribution in [3.05, 3.63) is 29.7 Å². The molecular weight excluding hydrogens is 244 g/mol. The molecule has 0 amide bonds. The Kier molecular flexibility index (Phi) is 2.74. The second-order valence-electron chi connectivity index (χ2n) is 4.52. The van der Waals surface area contributed by atoms with Gasteiger partial charge in [0.2, 0.25) is 0 Å². The van der Waals surface area contributed by atoms with E-state index >= 15 is 0 Å². The molecule has 2 aromatic rings. The van der Waals surface area contributed by atoms with Gasteiger partial charge in [0, 0.05) is 12.6 Å². The van der Waals surface area contributed by atoms with Crippen molar-refractivity contribution in [2.75, 3.05) is 13.2 Å². The maximum Gasteiger partial charge on any atom is 0.170 e. The summed E-state index contributed by atoms with van der Waals surface area (Å²) in [6.07, 6.45) is 2.40. The number of benzene rings is 1. The number of rotatable bonds is 2. The molecule has 1 aromatic carbocycles. The predicted octanol–water partition coefficient (Wildman–Crippen LogP) is 1.98. The highest BCUT2D eigenvalue weighted by Crippen LogP contribution is 2.37. The van der Waals surface area contributed by atoms with E-state index in [1.54, 1.807) is 6.33 Å². The molecule has 0 aliphatic carbocycles. The molecule has 1 aliphatic heterocycles. The molecule has 0 unspecified atom stereocenters. The lowest BCUT2D eigenvalue weighted by atomic mass is 10.0. The molecule has 0 spiro atoms. The summed E-state index contributed by atoms with van der Waals surface area (Å²) in [6.45, 7) is 3.09. The molecular formula is C14H14N2O3. The zero-order valence-corrected chi connectivity index (χ0v) is 10.8. The molecule has 1 aromatic heterocycles. The molecule has 1 aliphatic rings. The van der Waals surface area contributed by atoms with Crippen LogP contribution in [0.4, 0.5) is 0 Å². The first-order valence-corrected chi connectivity index (χ1v) is 6.08. The molecule has 5 heteroatoms. The van der Waals surface area contributed by atoms with Gasteiger partial charge >= 0.3 is 0 Å². The second kappa shape index (κ2) is 4.42. The highest BCUT2D eigenvalue weighted by Gasteiger charge is 2.18. The number of aldehydes is 1. The van der Waals surface area contributed by atoms with Gasteiger partial charge in [-0.25, -0.2) is 4.98 Å². The van der Waals surface area contributed by atoms with Crippen molar-refractivity contribution in [1.82, 2.24) is 9.55 Å². The summed E-state index contributed by atoms with van der Waals surface area (Å²) in [5.74, 6) is 1.47. The van der Waals surface area contributed by atoms with Gasteiger partial charge < -0.3 is 14.0 Å². The van der Waals surface area contributed by atoms with Crippen LogP contribution in [0.25, 0.3) is 11.3 Å². The molecule has 0 N–H and O–H groups in total. The molecule has 0 radical (unpaired) electrons. The molecule has 3 rings (SSSR count). The zero-order valence-electron chi connectivity index (χ0n) is 10.8. The van der Waals surface area contributed by atoms with Gasteiger partial charge in [-0.3, -0.25) is 4.79 Å².